The van der Waals surface area contributed by atoms with Crippen LogP contribution in [0.15, 0.2) is 5.51 Å². The molecule has 0 fully saturated rings. The van der Waals surface area contributed by atoms with Crippen LogP contribution in [-0.2, 0) is 13.0 Å². The molecule has 12 heavy (non-hydrogen) atoms. The monoisotopic (exact) mass is 184 g/mol. The molecule has 0 aliphatic carbocycles. The molecule has 2 nitrogen and oxygen atoms in total. The Morgan fingerprint density at radius 2 is 2.33 bits per heavy atom. The molecular weight excluding hydrogens is 168 g/mol. The summed E-state index contributed by atoms with van der Waals surface area (Å²) >= 11 is 1.74. The first-order valence-electron chi connectivity index (χ1n) is 4.30. The second-order valence-electron chi connectivity index (χ2n) is 3.35. The molecule has 0 atom stereocenters. The zero-order chi connectivity index (χ0) is 8.97. The minimum atomic E-state index is 0.697. The van der Waals surface area contributed by atoms with Gasteiger partial charge in [0, 0.05) is 11.4 Å². The summed E-state index contributed by atoms with van der Waals surface area (Å²) in [5.41, 5.74) is 3.20. The van der Waals surface area contributed by atoms with E-state index in [0.29, 0.717) is 5.92 Å². The van der Waals surface area contributed by atoms with Gasteiger partial charge in [-0.15, -0.1) is 11.3 Å². The first kappa shape index (κ1) is 9.68. The summed E-state index contributed by atoms with van der Waals surface area (Å²) in [7, 11) is 1.97. The second-order valence-corrected chi connectivity index (χ2v) is 4.29. The van der Waals surface area contributed by atoms with Gasteiger partial charge in [-0.1, -0.05) is 13.8 Å². The van der Waals surface area contributed by atoms with Crippen molar-refractivity contribution in [1.82, 2.24) is 10.3 Å². The predicted octanol–water partition coefficient (Wildman–Crippen LogP) is 2.06. The number of hydrogen-bond acceptors (Lipinski definition) is 3. The summed E-state index contributed by atoms with van der Waals surface area (Å²) in [6, 6.07) is 0. The number of nitrogens with zero attached hydrogens (tertiary/aromatic N) is 1. The molecule has 0 aliphatic heterocycles. The molecule has 0 aromatic carbocycles. The normalized spacial score (nSPS) is 11.0. The quantitative estimate of drug-likeness (QED) is 0.774. The Hall–Kier alpha value is -0.410. The fourth-order valence-corrected chi connectivity index (χ4v) is 1.96. The van der Waals surface area contributed by atoms with E-state index in [-0.39, 0.29) is 0 Å². The van der Waals surface area contributed by atoms with Crippen molar-refractivity contribution >= 4 is 11.3 Å². The SMILES string of the molecule is CNCc1scnc1CC(C)C. The Labute approximate surface area is 78.0 Å². The van der Waals surface area contributed by atoms with Crippen LogP contribution < -0.4 is 5.32 Å². The number of aromatic nitrogens is 1. The van der Waals surface area contributed by atoms with Crippen LogP contribution in [0.1, 0.15) is 24.4 Å². The van der Waals surface area contributed by atoms with Crippen LogP contribution in [-0.4, -0.2) is 12.0 Å². The summed E-state index contributed by atoms with van der Waals surface area (Å²) in [6.45, 7) is 5.40. The van der Waals surface area contributed by atoms with E-state index < -0.39 is 0 Å². The smallest absolute Gasteiger partial charge is 0.0798 e. The third-order valence-electron chi connectivity index (χ3n) is 1.66. The average Bonchev–Trinajstić information content (AvgIpc) is 2.37. The lowest BCUT2D eigenvalue weighted by atomic mass is 10.1. The highest BCUT2D eigenvalue weighted by Crippen LogP contribution is 2.16. The first-order valence-corrected chi connectivity index (χ1v) is 5.17. The zero-order valence-electron chi connectivity index (χ0n) is 7.92. The van der Waals surface area contributed by atoms with E-state index in [1.807, 2.05) is 12.6 Å². The van der Waals surface area contributed by atoms with Crippen molar-refractivity contribution in [2.45, 2.75) is 26.8 Å². The maximum Gasteiger partial charge on any atom is 0.0798 e. The highest BCUT2D eigenvalue weighted by atomic mass is 32.1. The van der Waals surface area contributed by atoms with Crippen LogP contribution in [0.3, 0.4) is 0 Å². The molecule has 3 heteroatoms. The van der Waals surface area contributed by atoms with Crippen molar-refractivity contribution < 1.29 is 0 Å². The lowest BCUT2D eigenvalue weighted by Gasteiger charge is -2.03. The number of thiazole rings is 1. The molecule has 0 spiro atoms. The van der Waals surface area contributed by atoms with Gasteiger partial charge < -0.3 is 5.32 Å². The van der Waals surface area contributed by atoms with E-state index >= 15 is 0 Å². The van der Waals surface area contributed by atoms with Gasteiger partial charge in [-0.2, -0.15) is 0 Å². The number of nitrogens with one attached hydrogen (secondary N) is 1. The third kappa shape index (κ3) is 2.57. The van der Waals surface area contributed by atoms with Gasteiger partial charge in [0.1, 0.15) is 0 Å². The van der Waals surface area contributed by atoms with Gasteiger partial charge in [0.25, 0.3) is 0 Å². The Morgan fingerprint density at radius 1 is 1.58 bits per heavy atom. The van der Waals surface area contributed by atoms with Crippen molar-refractivity contribution in [3.8, 4) is 0 Å². The molecule has 0 radical (unpaired) electrons. The van der Waals surface area contributed by atoms with E-state index in [1.54, 1.807) is 11.3 Å². The molecule has 0 bridgehead atoms. The molecule has 68 valence electrons. The summed E-state index contributed by atoms with van der Waals surface area (Å²) < 4.78 is 0. The molecule has 1 aromatic rings. The number of hydrogen-bond donors (Lipinski definition) is 1. The average molecular weight is 184 g/mol. The Bertz CT molecular complexity index is 230. The van der Waals surface area contributed by atoms with E-state index in [1.165, 1.54) is 10.6 Å². The van der Waals surface area contributed by atoms with Crippen LogP contribution in [0.4, 0.5) is 0 Å². The summed E-state index contributed by atoms with van der Waals surface area (Å²) in [5.74, 6) is 0.697. The lowest BCUT2D eigenvalue weighted by Crippen LogP contribution is -2.07. The van der Waals surface area contributed by atoms with E-state index in [4.69, 9.17) is 0 Å². The van der Waals surface area contributed by atoms with Gasteiger partial charge >= 0.3 is 0 Å². The van der Waals surface area contributed by atoms with Gasteiger partial charge in [-0.3, -0.25) is 0 Å². The van der Waals surface area contributed by atoms with Gasteiger partial charge in [0.05, 0.1) is 11.2 Å². The van der Waals surface area contributed by atoms with Crippen molar-refractivity contribution in [1.29, 1.82) is 0 Å². The number of rotatable bonds is 4. The maximum absolute atomic E-state index is 4.35. The van der Waals surface area contributed by atoms with Crippen LogP contribution in [0.2, 0.25) is 0 Å². The Kier molecular flexibility index (Phi) is 3.69. The molecule has 1 N–H and O–H groups in total. The maximum atomic E-state index is 4.35. The minimum Gasteiger partial charge on any atom is -0.315 e. The minimum absolute atomic E-state index is 0.697. The zero-order valence-corrected chi connectivity index (χ0v) is 8.74. The van der Waals surface area contributed by atoms with Crippen molar-refractivity contribution in [3.63, 3.8) is 0 Å². The van der Waals surface area contributed by atoms with Crippen LogP contribution in [0, 0.1) is 5.92 Å². The molecule has 1 heterocycles. The first-order chi connectivity index (χ1) is 5.74. The Balaban J connectivity index is 2.63. The molecule has 0 saturated carbocycles. The van der Waals surface area contributed by atoms with E-state index in [0.717, 1.165) is 13.0 Å². The van der Waals surface area contributed by atoms with Crippen LogP contribution in [0.25, 0.3) is 0 Å². The van der Waals surface area contributed by atoms with Gasteiger partial charge in [0.15, 0.2) is 0 Å². The van der Waals surface area contributed by atoms with E-state index in [2.05, 4.69) is 24.1 Å². The molecule has 0 aliphatic rings. The predicted molar refractivity (Wildman–Crippen MR) is 53.4 cm³/mol. The Morgan fingerprint density at radius 3 is 2.92 bits per heavy atom. The molecule has 1 rings (SSSR count). The highest BCUT2D eigenvalue weighted by Gasteiger charge is 2.06. The molecular formula is C9H16N2S. The molecule has 0 saturated heterocycles. The van der Waals surface area contributed by atoms with E-state index in [9.17, 15) is 0 Å². The van der Waals surface area contributed by atoms with Crippen LogP contribution >= 0.6 is 11.3 Å². The standard InChI is InChI=1S/C9H16N2S/c1-7(2)4-8-9(5-10-3)12-6-11-8/h6-7,10H,4-5H2,1-3H3. The molecule has 0 amide bonds. The molecule has 0 unspecified atom stereocenters. The summed E-state index contributed by atoms with van der Waals surface area (Å²) in [6.07, 6.45) is 1.10. The van der Waals surface area contributed by atoms with Gasteiger partial charge in [-0.05, 0) is 19.4 Å². The van der Waals surface area contributed by atoms with Crippen molar-refractivity contribution in [2.75, 3.05) is 7.05 Å². The largest absolute Gasteiger partial charge is 0.315 e. The van der Waals surface area contributed by atoms with Gasteiger partial charge in [0.2, 0.25) is 0 Å². The molecule has 1 aromatic heterocycles. The van der Waals surface area contributed by atoms with Crippen LogP contribution in [0.5, 0.6) is 0 Å². The summed E-state index contributed by atoms with van der Waals surface area (Å²) in [4.78, 5) is 5.73. The fraction of sp³-hybridized carbons (Fsp3) is 0.667. The second kappa shape index (κ2) is 4.58. The van der Waals surface area contributed by atoms with Crippen molar-refractivity contribution in [3.05, 3.63) is 16.1 Å². The third-order valence-corrected chi connectivity index (χ3v) is 2.54. The van der Waals surface area contributed by atoms with Gasteiger partial charge in [-0.25, -0.2) is 4.98 Å². The highest BCUT2D eigenvalue weighted by molar-refractivity contribution is 7.09. The summed E-state index contributed by atoms with van der Waals surface area (Å²) in [5, 5.41) is 3.15. The topological polar surface area (TPSA) is 24.9 Å². The fourth-order valence-electron chi connectivity index (χ4n) is 1.15. The lowest BCUT2D eigenvalue weighted by molar-refractivity contribution is 0.630. The van der Waals surface area contributed by atoms with Crippen molar-refractivity contribution in [2.24, 2.45) is 5.92 Å².